The molecule has 8 heteroatoms. The SMILES string of the molecule is COC1=CCC(C2=NOC(c3cc(OC)c(OC)c(OC)c3)C2)=CC=C1O[CH2][Sn][CH3]. The second kappa shape index (κ2) is 10.7. The Morgan fingerprint density at radius 3 is 2.33 bits per heavy atom. The van der Waals surface area contributed by atoms with Gasteiger partial charge in [-0.1, -0.05) is 0 Å². The van der Waals surface area contributed by atoms with Crippen LogP contribution in [0.4, 0.5) is 0 Å². The van der Waals surface area contributed by atoms with Crippen LogP contribution >= 0.6 is 0 Å². The first kappa shape index (κ1) is 22.4. The second-order valence-corrected chi connectivity index (χ2v) is 9.48. The Morgan fingerprint density at radius 2 is 1.73 bits per heavy atom. The van der Waals surface area contributed by atoms with Gasteiger partial charge in [-0.05, 0) is 0 Å². The Morgan fingerprint density at radius 1 is 1.00 bits per heavy atom. The average Bonchev–Trinajstić information content (AvgIpc) is 3.18. The quantitative estimate of drug-likeness (QED) is 0.459. The van der Waals surface area contributed by atoms with Crippen molar-refractivity contribution in [3.63, 3.8) is 0 Å². The molecule has 0 aromatic heterocycles. The number of ether oxygens (including phenoxy) is 5. The molecule has 0 saturated heterocycles. The maximum atomic E-state index is 5.88. The molecule has 2 aliphatic rings. The van der Waals surface area contributed by atoms with Crippen LogP contribution in [-0.2, 0) is 14.3 Å². The third-order valence-corrected chi connectivity index (χ3v) is 6.11. The van der Waals surface area contributed by atoms with Crippen LogP contribution in [0.3, 0.4) is 0 Å². The van der Waals surface area contributed by atoms with Crippen LogP contribution in [0.5, 0.6) is 17.2 Å². The van der Waals surface area contributed by atoms with E-state index in [0.29, 0.717) is 30.1 Å². The summed E-state index contributed by atoms with van der Waals surface area (Å²) >= 11 is -0.445. The van der Waals surface area contributed by atoms with Gasteiger partial charge in [0.05, 0.1) is 21.3 Å². The molecular weight excluding hydrogens is 493 g/mol. The molecule has 1 unspecified atom stereocenters. The minimum atomic E-state index is -0.445. The van der Waals surface area contributed by atoms with Crippen LogP contribution in [-0.4, -0.2) is 59.9 Å². The van der Waals surface area contributed by atoms with Gasteiger partial charge in [0.25, 0.3) is 0 Å². The Kier molecular flexibility index (Phi) is 7.95. The van der Waals surface area contributed by atoms with Crippen molar-refractivity contribution in [2.45, 2.75) is 23.9 Å². The van der Waals surface area contributed by atoms with Crippen LogP contribution in [0, 0.1) is 0 Å². The molecule has 1 heterocycles. The van der Waals surface area contributed by atoms with Crippen molar-refractivity contribution in [3.8, 4) is 17.2 Å². The predicted octanol–water partition coefficient (Wildman–Crippen LogP) is 4.00. The Hall–Kier alpha value is -2.29. The molecule has 0 saturated carbocycles. The van der Waals surface area contributed by atoms with E-state index in [4.69, 9.17) is 28.5 Å². The van der Waals surface area contributed by atoms with Crippen molar-refractivity contribution in [2.24, 2.45) is 5.16 Å². The number of hydrogen-bond donors (Lipinski definition) is 0. The van der Waals surface area contributed by atoms with E-state index in [1.807, 2.05) is 30.4 Å². The van der Waals surface area contributed by atoms with Crippen LogP contribution in [0.15, 0.2) is 52.6 Å². The molecule has 1 aromatic rings. The summed E-state index contributed by atoms with van der Waals surface area (Å²) in [6, 6.07) is 3.80. The van der Waals surface area contributed by atoms with Gasteiger partial charge in [-0.15, -0.1) is 0 Å². The van der Waals surface area contributed by atoms with Gasteiger partial charge >= 0.3 is 146 Å². The summed E-state index contributed by atoms with van der Waals surface area (Å²) < 4.78 is 28.5. The maximum absolute atomic E-state index is 5.88. The van der Waals surface area contributed by atoms with E-state index in [0.717, 1.165) is 33.0 Å². The van der Waals surface area contributed by atoms with Gasteiger partial charge < -0.3 is 14.2 Å². The van der Waals surface area contributed by atoms with Gasteiger partial charge in [-0.25, -0.2) is 0 Å². The van der Waals surface area contributed by atoms with Gasteiger partial charge in [0.1, 0.15) is 0 Å². The summed E-state index contributed by atoms with van der Waals surface area (Å²) in [5.74, 6) is 3.27. The molecule has 1 aromatic carbocycles. The number of nitrogens with zero attached hydrogens (tertiary/aromatic N) is 1. The van der Waals surface area contributed by atoms with Gasteiger partial charge in [-0.2, -0.15) is 0 Å². The van der Waals surface area contributed by atoms with Crippen molar-refractivity contribution < 1.29 is 28.5 Å². The van der Waals surface area contributed by atoms with Crippen LogP contribution in [0.1, 0.15) is 24.5 Å². The first-order chi connectivity index (χ1) is 14.6. The molecular formula is C22H27NO6Sn. The van der Waals surface area contributed by atoms with Gasteiger partial charge in [0, 0.05) is 0 Å². The van der Waals surface area contributed by atoms with Crippen LogP contribution in [0.25, 0.3) is 0 Å². The topological polar surface area (TPSA) is 67.7 Å². The molecule has 1 aliphatic carbocycles. The van der Waals surface area contributed by atoms with Crippen molar-refractivity contribution in [3.05, 3.63) is 53.0 Å². The molecule has 7 nitrogen and oxygen atoms in total. The Labute approximate surface area is 187 Å². The molecule has 2 radical (unpaired) electrons. The van der Waals surface area contributed by atoms with Crippen LogP contribution in [0.2, 0.25) is 4.94 Å². The summed E-state index contributed by atoms with van der Waals surface area (Å²) in [4.78, 5) is 8.00. The predicted molar refractivity (Wildman–Crippen MR) is 115 cm³/mol. The number of oxime groups is 1. The summed E-state index contributed by atoms with van der Waals surface area (Å²) in [5.41, 5.74) is 2.90. The average molecular weight is 520 g/mol. The molecule has 1 atom stereocenters. The van der Waals surface area contributed by atoms with E-state index in [-0.39, 0.29) is 6.10 Å². The fraction of sp³-hybridized carbons (Fsp3) is 0.409. The molecule has 0 bridgehead atoms. The van der Waals surface area contributed by atoms with E-state index in [2.05, 4.69) is 10.1 Å². The molecule has 160 valence electrons. The zero-order chi connectivity index (χ0) is 21.5. The van der Waals surface area contributed by atoms with Crippen LogP contribution < -0.4 is 14.2 Å². The number of allylic oxidation sites excluding steroid dienone is 4. The zero-order valence-electron chi connectivity index (χ0n) is 18.0. The second-order valence-electron chi connectivity index (χ2n) is 6.64. The third-order valence-electron chi connectivity index (χ3n) is 4.88. The monoisotopic (exact) mass is 521 g/mol. The summed E-state index contributed by atoms with van der Waals surface area (Å²) in [6.45, 7) is 0. The van der Waals surface area contributed by atoms with Gasteiger partial charge in [-0.3, -0.25) is 0 Å². The van der Waals surface area contributed by atoms with Gasteiger partial charge in [0.2, 0.25) is 5.75 Å². The minimum absolute atomic E-state index is 0.226. The number of benzene rings is 1. The van der Waals surface area contributed by atoms with Crippen molar-refractivity contribution in [2.75, 3.05) is 33.1 Å². The van der Waals surface area contributed by atoms with E-state index < -0.39 is 21.1 Å². The third kappa shape index (κ3) is 4.88. The van der Waals surface area contributed by atoms with E-state index >= 15 is 0 Å². The van der Waals surface area contributed by atoms with E-state index in [1.54, 1.807) is 28.4 Å². The summed E-state index contributed by atoms with van der Waals surface area (Å²) in [6.07, 6.45) is 7.15. The van der Waals surface area contributed by atoms with Crippen molar-refractivity contribution in [1.29, 1.82) is 0 Å². The Balaban J connectivity index is 1.79. The molecule has 0 spiro atoms. The first-order valence-electron chi connectivity index (χ1n) is 9.60. The molecule has 0 N–H and O–H groups in total. The van der Waals surface area contributed by atoms with Gasteiger partial charge in [0.15, 0.2) is 0 Å². The fourth-order valence-electron chi connectivity index (χ4n) is 3.33. The zero-order valence-corrected chi connectivity index (χ0v) is 20.8. The number of rotatable bonds is 9. The first-order valence-corrected chi connectivity index (χ1v) is 14.5. The summed E-state index contributed by atoms with van der Waals surface area (Å²) in [7, 11) is 6.45. The summed E-state index contributed by atoms with van der Waals surface area (Å²) in [5, 5.41) is 4.35. The fourth-order valence-corrected chi connectivity index (χ4v) is 4.19. The molecule has 0 fully saturated rings. The number of methoxy groups -OCH3 is 4. The Bertz CT molecular complexity index is 865. The molecule has 3 rings (SSSR count). The molecule has 30 heavy (non-hydrogen) atoms. The van der Waals surface area contributed by atoms with E-state index in [1.165, 1.54) is 0 Å². The van der Waals surface area contributed by atoms with Crippen molar-refractivity contribution in [1.82, 2.24) is 0 Å². The normalized spacial score (nSPS) is 18.2. The van der Waals surface area contributed by atoms with Crippen molar-refractivity contribution >= 4 is 26.9 Å². The van der Waals surface area contributed by atoms with E-state index in [9.17, 15) is 0 Å². The molecule has 1 aliphatic heterocycles. The number of hydrogen-bond acceptors (Lipinski definition) is 7. The standard InChI is InChI=1S/C21H24NO6.CH3.Sn/c1-23-16-8-6-13(7-9-17(16)24-2)15-12-18(28-22-15)14-10-19(25-3)21(27-5)20(11-14)26-4;;/h6,8-11,18H,1,7,12H2,2-5H3;1H3;. The molecule has 0 amide bonds.